The number of hydrogen-bond acceptors (Lipinski definition) is 4. The van der Waals surface area contributed by atoms with Gasteiger partial charge < -0.3 is 18.9 Å². The van der Waals surface area contributed by atoms with Crippen molar-refractivity contribution in [2.24, 2.45) is 0 Å². The minimum atomic E-state index is -0.666. The van der Waals surface area contributed by atoms with Gasteiger partial charge in [0.05, 0.1) is 58.6 Å². The number of rotatable bonds is 0. The predicted octanol–water partition coefficient (Wildman–Crippen LogP) is 18.3. The standard InChI is InChI=1S/2C35H18N4O.C29H15N3O2/c1-2-12-25-19(7-1)23-10-5-17-36-33(23)38(25)26-13-4-14-27-29(26)35(36)30-28(40-27)16-15-22-20-8-3-9-21-24-11-6-18-37(35)34(24)39(31(20)21)32(22)30;1-2-11-25-19(7-1)22-13-15-26-29-32(22)38(25)28-12-3-4-17-36(28)35(29)30-27(40-26)16-14-23-20-8-5-9-21-24-10-6-18-37(35)34(24)39(31(20)21)33(23)30;1-2-14-30-23(11-1)34-21-10-4-9-20-24(21)29(30)25-22(33-20)13-12-18-16-6-3-7-17-19-8-5-15-31(29)28(19)32(26(16)17)27(18)25/h2*1-18H;1-15H/q3*+2. The zero-order valence-electron chi connectivity index (χ0n) is 60.0. The summed E-state index contributed by atoms with van der Waals surface area (Å²) >= 11 is 0. The molecule has 15 nitrogen and oxygen atoms in total. The van der Waals surface area contributed by atoms with E-state index < -0.39 is 17.0 Å². The number of hydrogen-bond donors (Lipinski definition) is 0. The van der Waals surface area contributed by atoms with Crippen LogP contribution in [0, 0.1) is 0 Å². The molecule has 15 heteroatoms. The molecule has 0 radical (unpaired) electrons. The van der Waals surface area contributed by atoms with E-state index in [2.05, 4.69) is 342 Å². The highest BCUT2D eigenvalue weighted by molar-refractivity contribution is 6.27. The second-order valence-corrected chi connectivity index (χ2v) is 32.2. The molecule has 34 rings (SSSR count). The van der Waals surface area contributed by atoms with Gasteiger partial charge in [0.25, 0.3) is 22.8 Å². The van der Waals surface area contributed by atoms with E-state index in [1.807, 2.05) is 18.2 Å². The van der Waals surface area contributed by atoms with Crippen LogP contribution in [0.5, 0.6) is 46.1 Å². The number of pyridine rings is 6. The van der Waals surface area contributed by atoms with Gasteiger partial charge in [0.1, 0.15) is 90.0 Å². The molecule has 9 aliphatic rings. The summed E-state index contributed by atoms with van der Waals surface area (Å²) in [5, 5.41) is 20.4. The summed E-state index contributed by atoms with van der Waals surface area (Å²) in [4.78, 5) is 0. The molecule has 114 heavy (non-hydrogen) atoms. The second kappa shape index (κ2) is 17.9. The van der Waals surface area contributed by atoms with E-state index >= 15 is 0 Å². The highest BCUT2D eigenvalue weighted by Crippen LogP contribution is 2.62. The molecule has 9 aliphatic heterocycles. The van der Waals surface area contributed by atoms with Crippen molar-refractivity contribution >= 4 is 158 Å². The third-order valence-electron chi connectivity index (χ3n) is 27.7. The van der Waals surface area contributed by atoms with Gasteiger partial charge >= 0.3 is 28.5 Å². The maximum atomic E-state index is 6.89. The van der Waals surface area contributed by atoms with Crippen LogP contribution in [0.2, 0.25) is 0 Å². The van der Waals surface area contributed by atoms with E-state index in [0.29, 0.717) is 0 Å². The summed E-state index contributed by atoms with van der Waals surface area (Å²) < 4.78 is 53.9. The smallest absolute Gasteiger partial charge is 0.380 e. The Balaban J connectivity index is 0.0000000842. The van der Waals surface area contributed by atoms with Crippen LogP contribution in [0.4, 0.5) is 0 Å². The highest BCUT2D eigenvalue weighted by Gasteiger charge is 2.69. The largest absolute Gasteiger partial charge is 0.456 e. The Morgan fingerprint density at radius 3 is 1.06 bits per heavy atom. The number of fused-ring (bicyclic) bond motifs is 16. The first kappa shape index (κ1) is 55.9. The number of aromatic nitrogens is 11. The number of benzene rings is 11. The predicted molar refractivity (Wildman–Crippen MR) is 434 cm³/mol. The van der Waals surface area contributed by atoms with Gasteiger partial charge in [-0.1, -0.05) is 60.7 Å². The van der Waals surface area contributed by atoms with Crippen molar-refractivity contribution < 1.29 is 46.4 Å². The van der Waals surface area contributed by atoms with E-state index in [1.54, 1.807) is 0 Å². The van der Waals surface area contributed by atoms with Crippen LogP contribution in [-0.4, -0.2) is 22.3 Å². The van der Waals surface area contributed by atoms with Gasteiger partial charge in [-0.15, -0.1) is 4.57 Å². The van der Waals surface area contributed by atoms with E-state index in [0.717, 1.165) is 63.1 Å². The molecule has 23 heterocycles. The normalized spacial score (nSPS) is 18.0. The van der Waals surface area contributed by atoms with Crippen LogP contribution in [0.15, 0.2) is 310 Å². The maximum Gasteiger partial charge on any atom is 0.380 e. The highest BCUT2D eigenvalue weighted by atomic mass is 16.5. The molecule has 0 bridgehead atoms. The van der Waals surface area contributed by atoms with E-state index in [9.17, 15) is 0 Å². The van der Waals surface area contributed by atoms with E-state index in [-0.39, 0.29) is 0 Å². The third-order valence-corrected chi connectivity index (χ3v) is 27.7. The van der Waals surface area contributed by atoms with Gasteiger partial charge in [-0.3, -0.25) is 0 Å². The van der Waals surface area contributed by atoms with Crippen molar-refractivity contribution in [2.45, 2.75) is 17.0 Å². The Morgan fingerprint density at radius 1 is 0.202 bits per heavy atom. The molecule has 0 fully saturated rings. The zero-order valence-corrected chi connectivity index (χ0v) is 60.0. The van der Waals surface area contributed by atoms with Crippen LogP contribution in [0.1, 0.15) is 33.4 Å². The van der Waals surface area contributed by atoms with Crippen LogP contribution in [-0.2, 0) is 17.0 Å². The van der Waals surface area contributed by atoms with E-state index in [4.69, 9.17) is 18.9 Å². The summed E-state index contributed by atoms with van der Waals surface area (Å²) in [6, 6.07) is 98.6. The molecule has 0 saturated heterocycles. The molecule has 3 unspecified atom stereocenters. The molecule has 0 saturated carbocycles. The molecule has 520 valence electrons. The minimum absolute atomic E-state index is 0.657. The Bertz CT molecular complexity index is 8930. The fraction of sp³-hybridized carbons (Fsp3) is 0.0303. The molecule has 14 aromatic heterocycles. The third kappa shape index (κ3) is 5.44. The number of nitrogens with zero attached hydrogens (tertiary/aromatic N) is 11. The maximum absolute atomic E-state index is 6.89. The van der Waals surface area contributed by atoms with Crippen molar-refractivity contribution in [1.82, 2.24) is 22.3 Å². The molecule has 11 aromatic carbocycles. The summed E-state index contributed by atoms with van der Waals surface area (Å²) in [5.74, 6) is 8.16. The van der Waals surface area contributed by atoms with Crippen LogP contribution >= 0.6 is 0 Å². The average molecular weight is 1460 g/mol. The topological polar surface area (TPSA) is 83.3 Å². The van der Waals surface area contributed by atoms with Crippen LogP contribution in [0.25, 0.3) is 170 Å². The van der Waals surface area contributed by atoms with Crippen molar-refractivity contribution in [3.05, 3.63) is 344 Å². The molecule has 0 aliphatic carbocycles. The first-order valence-electron chi connectivity index (χ1n) is 39.1. The Labute approximate surface area is 641 Å². The van der Waals surface area contributed by atoms with Crippen molar-refractivity contribution in [3.63, 3.8) is 0 Å². The van der Waals surface area contributed by atoms with Gasteiger partial charge in [-0.25, -0.2) is 0 Å². The van der Waals surface area contributed by atoms with E-state index in [1.165, 1.54) is 186 Å². The monoisotopic (exact) mass is 1460 g/mol. The molecule has 0 N–H and O–H groups in total. The van der Waals surface area contributed by atoms with Crippen molar-refractivity contribution in [3.8, 4) is 57.6 Å². The number of para-hydroxylation sites is 5. The molecule has 3 spiro atoms. The Morgan fingerprint density at radius 2 is 0.535 bits per heavy atom. The number of ether oxygens (including phenoxy) is 4. The first-order chi connectivity index (χ1) is 56.6. The molecule has 3 atom stereocenters. The minimum Gasteiger partial charge on any atom is -0.456 e. The lowest BCUT2D eigenvalue weighted by molar-refractivity contribution is -0.965. The lowest BCUT2D eigenvalue weighted by Crippen LogP contribution is -2.78. The van der Waals surface area contributed by atoms with Crippen LogP contribution < -0.4 is 46.4 Å². The summed E-state index contributed by atoms with van der Waals surface area (Å²) in [6.45, 7) is 0. The Kier molecular flexibility index (Phi) is 8.75. The summed E-state index contributed by atoms with van der Waals surface area (Å²) in [6.07, 6.45) is 13.4. The van der Waals surface area contributed by atoms with Crippen molar-refractivity contribution in [2.75, 3.05) is 0 Å². The van der Waals surface area contributed by atoms with Gasteiger partial charge in [-0.05, 0) is 194 Å². The lowest BCUT2D eigenvalue weighted by Gasteiger charge is -2.39. The average Bonchev–Trinajstić information content (AvgIpc) is 1.41. The fourth-order valence-corrected chi connectivity index (χ4v) is 24.2. The first-order valence-corrected chi connectivity index (χ1v) is 39.1. The molecule has 0 amide bonds. The summed E-state index contributed by atoms with van der Waals surface area (Å²) in [7, 11) is 0. The fourth-order valence-electron chi connectivity index (χ4n) is 24.2. The molecular weight excluding hydrogens is 1410 g/mol. The SMILES string of the molecule is c1cc2c3c(c1)-n1c4ccccc4c4ccc[n+](c41)C31c3c(ccc4c5cccc6c7ccc[n+]1c7n(c34)c56)O2.c1cc2c3c(c1)Oc1cccc[n+]1C31c3c(ccc4c5cccc6c7ccc[n+]1c7n(c34)c56)O2.c1cc[n+]2c(c1)-n1c3ccccc3c3ccc4c(c31)C21c2c(ccc3c5cccc6c7ccc[n+]1c7n(c23)c56)O4. The van der Waals surface area contributed by atoms with Gasteiger partial charge in [-0.2, -0.15) is 45.2 Å². The quantitative estimate of drug-likeness (QED) is 0.142. The van der Waals surface area contributed by atoms with Gasteiger partial charge in [0.2, 0.25) is 0 Å². The van der Waals surface area contributed by atoms with Gasteiger partial charge in [0.15, 0.2) is 45.1 Å². The lowest BCUT2D eigenvalue weighted by atomic mass is 9.82. The molecule has 25 aromatic rings. The Hall–Kier alpha value is -15.5. The van der Waals surface area contributed by atoms with Crippen molar-refractivity contribution in [1.29, 1.82) is 0 Å². The summed E-state index contributed by atoms with van der Waals surface area (Å²) in [5.41, 5.74) is 22.2. The zero-order chi connectivity index (χ0) is 72.7. The van der Waals surface area contributed by atoms with Crippen LogP contribution in [0.3, 0.4) is 0 Å². The van der Waals surface area contributed by atoms with Gasteiger partial charge in [0, 0.05) is 76.8 Å². The second-order valence-electron chi connectivity index (χ2n) is 32.2. The molecular formula is C99H51N11O4+6.